The molecule has 0 radical (unpaired) electrons. The standard InChI is InChI=1S/C19H15NO2/c1-11-9-17(21)22-16-8-12(2)19-14(18(11)16)10-15(20-19)13-6-4-3-5-7-13/h3-10,20H,1-2H3. The summed E-state index contributed by atoms with van der Waals surface area (Å²) in [4.78, 5) is 15.1. The van der Waals surface area contributed by atoms with Crippen molar-refractivity contribution in [1.29, 1.82) is 0 Å². The van der Waals surface area contributed by atoms with Gasteiger partial charge in [0.05, 0.1) is 0 Å². The minimum Gasteiger partial charge on any atom is -0.423 e. The van der Waals surface area contributed by atoms with Gasteiger partial charge in [-0.15, -0.1) is 0 Å². The van der Waals surface area contributed by atoms with Gasteiger partial charge in [-0.2, -0.15) is 0 Å². The summed E-state index contributed by atoms with van der Waals surface area (Å²) in [5.74, 6) is 0. The second-order valence-corrected chi connectivity index (χ2v) is 5.65. The predicted octanol–water partition coefficient (Wildman–Crippen LogP) is 4.56. The zero-order valence-electron chi connectivity index (χ0n) is 12.4. The Morgan fingerprint density at radius 1 is 0.955 bits per heavy atom. The lowest BCUT2D eigenvalue weighted by Gasteiger charge is -2.04. The first-order valence-corrected chi connectivity index (χ1v) is 7.26. The minimum absolute atomic E-state index is 0.303. The van der Waals surface area contributed by atoms with Crippen LogP contribution < -0.4 is 5.63 Å². The lowest BCUT2D eigenvalue weighted by atomic mass is 10.0. The average molecular weight is 289 g/mol. The number of H-pyrrole nitrogens is 1. The van der Waals surface area contributed by atoms with Crippen molar-refractivity contribution < 1.29 is 4.42 Å². The molecule has 0 aliphatic rings. The first-order chi connectivity index (χ1) is 10.6. The lowest BCUT2D eigenvalue weighted by molar-refractivity contribution is 0.560. The Kier molecular flexibility index (Phi) is 2.70. The van der Waals surface area contributed by atoms with Crippen molar-refractivity contribution in [2.75, 3.05) is 0 Å². The smallest absolute Gasteiger partial charge is 0.336 e. The van der Waals surface area contributed by atoms with Crippen molar-refractivity contribution in [3.05, 3.63) is 70.1 Å². The van der Waals surface area contributed by atoms with Crippen LogP contribution in [0.3, 0.4) is 0 Å². The van der Waals surface area contributed by atoms with Crippen LogP contribution in [0.4, 0.5) is 0 Å². The fraction of sp³-hybridized carbons (Fsp3) is 0.105. The number of aromatic nitrogens is 1. The van der Waals surface area contributed by atoms with Crippen LogP contribution in [0.1, 0.15) is 11.1 Å². The van der Waals surface area contributed by atoms with E-state index in [0.717, 1.165) is 38.7 Å². The van der Waals surface area contributed by atoms with E-state index in [4.69, 9.17) is 4.42 Å². The number of aryl methyl sites for hydroxylation is 2. The van der Waals surface area contributed by atoms with Crippen molar-refractivity contribution in [1.82, 2.24) is 4.98 Å². The van der Waals surface area contributed by atoms with Crippen LogP contribution in [0.2, 0.25) is 0 Å². The topological polar surface area (TPSA) is 46.0 Å². The van der Waals surface area contributed by atoms with Gasteiger partial charge in [-0.25, -0.2) is 4.79 Å². The van der Waals surface area contributed by atoms with Crippen LogP contribution in [0.25, 0.3) is 33.1 Å². The molecule has 0 amide bonds. The normalized spacial score (nSPS) is 11.4. The lowest BCUT2D eigenvalue weighted by Crippen LogP contribution is -1.98. The molecule has 0 bridgehead atoms. The highest BCUT2D eigenvalue weighted by Crippen LogP contribution is 2.33. The van der Waals surface area contributed by atoms with Crippen molar-refractivity contribution in [3.63, 3.8) is 0 Å². The number of nitrogens with one attached hydrogen (secondary N) is 1. The van der Waals surface area contributed by atoms with Crippen LogP contribution in [-0.4, -0.2) is 4.98 Å². The summed E-state index contributed by atoms with van der Waals surface area (Å²) in [6, 6.07) is 15.8. The van der Waals surface area contributed by atoms with E-state index in [-0.39, 0.29) is 5.63 Å². The van der Waals surface area contributed by atoms with Gasteiger partial charge in [-0.1, -0.05) is 30.3 Å². The van der Waals surface area contributed by atoms with Crippen molar-refractivity contribution in [3.8, 4) is 11.3 Å². The highest BCUT2D eigenvalue weighted by molar-refractivity contribution is 6.09. The van der Waals surface area contributed by atoms with Crippen molar-refractivity contribution in [2.24, 2.45) is 0 Å². The maximum atomic E-state index is 11.6. The first-order valence-electron chi connectivity index (χ1n) is 7.26. The Labute approximate surface area is 127 Å². The van der Waals surface area contributed by atoms with Crippen LogP contribution in [-0.2, 0) is 0 Å². The molecule has 3 heteroatoms. The number of rotatable bonds is 1. The third-order valence-corrected chi connectivity index (χ3v) is 4.10. The SMILES string of the molecule is Cc1cc2oc(=O)cc(C)c2c2cc(-c3ccccc3)[nH]c12. The fourth-order valence-electron chi connectivity index (χ4n) is 3.08. The summed E-state index contributed by atoms with van der Waals surface area (Å²) in [5, 5.41) is 2.09. The third kappa shape index (κ3) is 1.86. The van der Waals surface area contributed by atoms with Crippen molar-refractivity contribution >= 4 is 21.9 Å². The summed E-state index contributed by atoms with van der Waals surface area (Å²) >= 11 is 0. The summed E-state index contributed by atoms with van der Waals surface area (Å²) in [7, 11) is 0. The molecule has 2 aromatic heterocycles. The van der Waals surface area contributed by atoms with E-state index in [0.29, 0.717) is 5.58 Å². The number of aromatic amines is 1. The quantitative estimate of drug-likeness (QED) is 0.522. The monoisotopic (exact) mass is 289 g/mol. The molecule has 0 fully saturated rings. The second kappa shape index (κ2) is 4.60. The molecule has 1 N–H and O–H groups in total. The van der Waals surface area contributed by atoms with E-state index in [1.165, 1.54) is 0 Å². The summed E-state index contributed by atoms with van der Waals surface area (Å²) < 4.78 is 5.38. The zero-order valence-corrected chi connectivity index (χ0v) is 12.4. The second-order valence-electron chi connectivity index (χ2n) is 5.65. The van der Waals surface area contributed by atoms with E-state index < -0.39 is 0 Å². The molecule has 108 valence electrons. The maximum Gasteiger partial charge on any atom is 0.336 e. The van der Waals surface area contributed by atoms with Crippen LogP contribution in [0.15, 0.2) is 57.7 Å². The molecular weight excluding hydrogens is 274 g/mol. The van der Waals surface area contributed by atoms with E-state index in [1.807, 2.05) is 38.1 Å². The summed E-state index contributed by atoms with van der Waals surface area (Å²) in [6.07, 6.45) is 0. The Bertz CT molecular complexity index is 1060. The van der Waals surface area contributed by atoms with E-state index >= 15 is 0 Å². The van der Waals surface area contributed by atoms with Gasteiger partial charge in [0.25, 0.3) is 0 Å². The molecular formula is C19H15NO2. The maximum absolute atomic E-state index is 11.6. The molecule has 3 nitrogen and oxygen atoms in total. The number of benzene rings is 2. The highest BCUT2D eigenvalue weighted by Gasteiger charge is 2.13. The van der Waals surface area contributed by atoms with Gasteiger partial charge in [-0.3, -0.25) is 0 Å². The number of fused-ring (bicyclic) bond motifs is 3. The Morgan fingerprint density at radius 3 is 2.50 bits per heavy atom. The van der Waals surface area contributed by atoms with Gasteiger partial charge in [0.2, 0.25) is 0 Å². The van der Waals surface area contributed by atoms with Gasteiger partial charge in [0.1, 0.15) is 5.58 Å². The first kappa shape index (κ1) is 12.9. The minimum atomic E-state index is -0.303. The van der Waals surface area contributed by atoms with Gasteiger partial charge < -0.3 is 9.40 Å². The number of hydrogen-bond donors (Lipinski definition) is 1. The fourth-order valence-corrected chi connectivity index (χ4v) is 3.08. The molecule has 2 aromatic carbocycles. The van der Waals surface area contributed by atoms with Crippen LogP contribution >= 0.6 is 0 Å². The molecule has 22 heavy (non-hydrogen) atoms. The molecule has 0 aliphatic carbocycles. The Balaban J connectivity index is 2.13. The third-order valence-electron chi connectivity index (χ3n) is 4.10. The number of hydrogen-bond acceptors (Lipinski definition) is 2. The van der Waals surface area contributed by atoms with Gasteiger partial charge in [0, 0.05) is 28.0 Å². The van der Waals surface area contributed by atoms with E-state index in [1.54, 1.807) is 6.07 Å². The highest BCUT2D eigenvalue weighted by atomic mass is 16.4. The summed E-state index contributed by atoms with van der Waals surface area (Å²) in [5.41, 5.74) is 5.64. The molecule has 0 aliphatic heterocycles. The Morgan fingerprint density at radius 2 is 1.73 bits per heavy atom. The van der Waals surface area contributed by atoms with Crippen LogP contribution in [0.5, 0.6) is 0 Å². The molecule has 0 saturated carbocycles. The van der Waals surface area contributed by atoms with Gasteiger partial charge in [-0.05, 0) is 42.7 Å². The van der Waals surface area contributed by atoms with Crippen molar-refractivity contribution in [2.45, 2.75) is 13.8 Å². The molecule has 0 atom stereocenters. The zero-order chi connectivity index (χ0) is 15.3. The summed E-state index contributed by atoms with van der Waals surface area (Å²) in [6.45, 7) is 3.97. The molecule has 0 unspecified atom stereocenters. The molecule has 0 spiro atoms. The van der Waals surface area contributed by atoms with Gasteiger partial charge >= 0.3 is 5.63 Å². The Hall–Kier alpha value is -2.81. The van der Waals surface area contributed by atoms with E-state index in [2.05, 4.69) is 23.2 Å². The molecule has 4 aromatic rings. The predicted molar refractivity (Wildman–Crippen MR) is 89.3 cm³/mol. The van der Waals surface area contributed by atoms with Gasteiger partial charge in [0.15, 0.2) is 0 Å². The molecule has 2 heterocycles. The van der Waals surface area contributed by atoms with Crippen LogP contribution in [0, 0.1) is 13.8 Å². The largest absolute Gasteiger partial charge is 0.423 e. The molecule has 4 rings (SSSR count). The average Bonchev–Trinajstić information content (AvgIpc) is 2.93. The van der Waals surface area contributed by atoms with E-state index in [9.17, 15) is 4.79 Å². The molecule has 0 saturated heterocycles.